The smallest absolute Gasteiger partial charge is 0.224 e. The molecule has 2 rings (SSSR count). The van der Waals surface area contributed by atoms with Gasteiger partial charge in [-0.3, -0.25) is 0 Å². The first-order valence-electron chi connectivity index (χ1n) is 5.13. The van der Waals surface area contributed by atoms with Crippen molar-refractivity contribution in [3.8, 4) is 0 Å². The molecule has 16 heavy (non-hydrogen) atoms. The molecule has 0 spiro atoms. The zero-order valence-electron chi connectivity index (χ0n) is 8.97. The molecule has 2 aromatic carbocycles. The minimum atomic E-state index is 0.582. The predicted octanol–water partition coefficient (Wildman–Crippen LogP) is 4.25. The van der Waals surface area contributed by atoms with Crippen LogP contribution in [-0.4, -0.2) is 11.0 Å². The Morgan fingerprint density at radius 2 is 1.94 bits per heavy atom. The van der Waals surface area contributed by atoms with Crippen LogP contribution in [0.15, 0.2) is 47.4 Å². The van der Waals surface area contributed by atoms with Crippen LogP contribution < -0.4 is 0 Å². The third kappa shape index (κ3) is 2.54. The van der Waals surface area contributed by atoms with Crippen molar-refractivity contribution in [3.63, 3.8) is 0 Å². The Morgan fingerprint density at radius 3 is 2.75 bits per heavy atom. The minimum Gasteiger partial charge on any atom is -0.479 e. The van der Waals surface area contributed by atoms with E-state index in [0.717, 1.165) is 4.90 Å². The molecule has 0 radical (unpaired) electrons. The second-order valence-electron chi connectivity index (χ2n) is 3.26. The second-order valence-corrected chi connectivity index (χ2v) is 4.91. The largest absolute Gasteiger partial charge is 0.479 e. The summed E-state index contributed by atoms with van der Waals surface area (Å²) >= 11 is 6.65. The molecule has 82 valence electrons. The molecular formula is C13H12OS2. The van der Waals surface area contributed by atoms with E-state index in [2.05, 4.69) is 24.3 Å². The molecule has 0 atom stereocenters. The first kappa shape index (κ1) is 11.4. The molecule has 0 saturated carbocycles. The van der Waals surface area contributed by atoms with E-state index in [1.54, 1.807) is 0 Å². The Hall–Kier alpha value is -1.06. The molecule has 0 aromatic heterocycles. The van der Waals surface area contributed by atoms with E-state index < -0.39 is 0 Å². The monoisotopic (exact) mass is 248 g/mol. The van der Waals surface area contributed by atoms with Crippen molar-refractivity contribution in [2.75, 3.05) is 6.61 Å². The Bertz CT molecular complexity index is 503. The summed E-state index contributed by atoms with van der Waals surface area (Å²) in [6.45, 7) is 2.56. The highest BCUT2D eigenvalue weighted by Crippen LogP contribution is 2.28. The van der Waals surface area contributed by atoms with Crippen molar-refractivity contribution in [3.05, 3.63) is 42.5 Å². The zero-order valence-corrected chi connectivity index (χ0v) is 10.6. The first-order chi connectivity index (χ1) is 7.81. The van der Waals surface area contributed by atoms with E-state index in [9.17, 15) is 0 Å². The quantitative estimate of drug-likeness (QED) is 0.580. The number of fused-ring (bicyclic) bond motifs is 1. The Labute approximate surface area is 105 Å². The minimum absolute atomic E-state index is 0.582. The number of hydrogen-bond acceptors (Lipinski definition) is 3. The highest BCUT2D eigenvalue weighted by atomic mass is 32.2. The van der Waals surface area contributed by atoms with Crippen LogP contribution >= 0.6 is 24.0 Å². The molecule has 0 saturated heterocycles. The lowest BCUT2D eigenvalue weighted by molar-refractivity contribution is 0.346. The van der Waals surface area contributed by atoms with E-state index in [4.69, 9.17) is 17.0 Å². The fourth-order valence-corrected chi connectivity index (χ4v) is 2.71. The van der Waals surface area contributed by atoms with Gasteiger partial charge in [-0.1, -0.05) is 36.4 Å². The molecule has 0 aliphatic rings. The van der Waals surface area contributed by atoms with Gasteiger partial charge in [0, 0.05) is 4.90 Å². The summed E-state index contributed by atoms with van der Waals surface area (Å²) in [4.78, 5) is 1.15. The number of hydrogen-bond donors (Lipinski definition) is 0. The summed E-state index contributed by atoms with van der Waals surface area (Å²) in [5.74, 6) is 0. The Balaban J connectivity index is 2.33. The van der Waals surface area contributed by atoms with Crippen molar-refractivity contribution in [2.45, 2.75) is 11.8 Å². The molecular weight excluding hydrogens is 236 g/mol. The predicted molar refractivity (Wildman–Crippen MR) is 74.0 cm³/mol. The fraction of sp³-hybridized carbons (Fsp3) is 0.154. The maximum absolute atomic E-state index is 5.29. The first-order valence-corrected chi connectivity index (χ1v) is 6.36. The lowest BCUT2D eigenvalue weighted by Crippen LogP contribution is -1.95. The normalized spacial score (nSPS) is 10.3. The van der Waals surface area contributed by atoms with Gasteiger partial charge < -0.3 is 4.74 Å². The van der Waals surface area contributed by atoms with Crippen LogP contribution in [0.2, 0.25) is 0 Å². The summed E-state index contributed by atoms with van der Waals surface area (Å²) in [6, 6.07) is 14.5. The van der Waals surface area contributed by atoms with Crippen LogP contribution in [0.1, 0.15) is 6.92 Å². The van der Waals surface area contributed by atoms with Gasteiger partial charge in [0.05, 0.1) is 6.61 Å². The molecule has 0 aliphatic heterocycles. The van der Waals surface area contributed by atoms with Gasteiger partial charge in [0.25, 0.3) is 0 Å². The summed E-state index contributed by atoms with van der Waals surface area (Å²) in [5.41, 5.74) is 0. The van der Waals surface area contributed by atoms with Crippen molar-refractivity contribution in [2.24, 2.45) is 0 Å². The molecule has 0 fully saturated rings. The van der Waals surface area contributed by atoms with Gasteiger partial charge in [-0.2, -0.15) is 0 Å². The average Bonchev–Trinajstić information content (AvgIpc) is 2.30. The Morgan fingerprint density at radius 1 is 1.19 bits per heavy atom. The Kier molecular flexibility index (Phi) is 3.80. The van der Waals surface area contributed by atoms with Crippen LogP contribution in [-0.2, 0) is 4.74 Å². The third-order valence-corrected chi connectivity index (χ3v) is 3.43. The molecule has 0 amide bonds. The number of benzene rings is 2. The number of ether oxygens (including phenoxy) is 1. The van der Waals surface area contributed by atoms with Crippen LogP contribution in [0.3, 0.4) is 0 Å². The third-order valence-electron chi connectivity index (χ3n) is 2.21. The fourth-order valence-electron chi connectivity index (χ4n) is 1.52. The highest BCUT2D eigenvalue weighted by Gasteiger charge is 2.04. The van der Waals surface area contributed by atoms with Crippen LogP contribution in [0.25, 0.3) is 10.8 Å². The molecule has 3 heteroatoms. The van der Waals surface area contributed by atoms with Gasteiger partial charge in [-0.25, -0.2) is 0 Å². The van der Waals surface area contributed by atoms with Gasteiger partial charge in [-0.15, -0.1) is 0 Å². The van der Waals surface area contributed by atoms with E-state index in [-0.39, 0.29) is 0 Å². The maximum Gasteiger partial charge on any atom is 0.224 e. The maximum atomic E-state index is 5.29. The standard InChI is InChI=1S/C13H12OS2/c1-2-14-13(15)16-12-9-5-7-10-6-3-4-8-11(10)12/h3-9H,2H2,1H3. The van der Waals surface area contributed by atoms with Crippen LogP contribution in [0.5, 0.6) is 0 Å². The molecule has 0 N–H and O–H groups in total. The van der Waals surface area contributed by atoms with Gasteiger partial charge in [0.15, 0.2) is 0 Å². The van der Waals surface area contributed by atoms with Crippen LogP contribution in [0, 0.1) is 0 Å². The van der Waals surface area contributed by atoms with E-state index in [1.165, 1.54) is 22.5 Å². The zero-order chi connectivity index (χ0) is 11.4. The van der Waals surface area contributed by atoms with E-state index >= 15 is 0 Å². The number of thiocarbonyl (C=S) groups is 1. The number of thioether (sulfide) groups is 1. The molecule has 0 bridgehead atoms. The molecule has 0 aliphatic carbocycles. The summed E-state index contributed by atoms with van der Waals surface area (Å²) in [5, 5.41) is 2.45. The molecule has 0 unspecified atom stereocenters. The topological polar surface area (TPSA) is 9.23 Å². The van der Waals surface area contributed by atoms with Gasteiger partial charge >= 0.3 is 0 Å². The van der Waals surface area contributed by atoms with Crippen molar-refractivity contribution in [1.29, 1.82) is 0 Å². The lowest BCUT2D eigenvalue weighted by Gasteiger charge is -2.07. The van der Waals surface area contributed by atoms with Gasteiger partial charge in [0.1, 0.15) is 0 Å². The second kappa shape index (κ2) is 5.32. The van der Waals surface area contributed by atoms with Crippen LogP contribution in [0.4, 0.5) is 0 Å². The molecule has 0 heterocycles. The van der Waals surface area contributed by atoms with Crippen molar-refractivity contribution < 1.29 is 4.74 Å². The lowest BCUT2D eigenvalue weighted by atomic mass is 10.1. The number of rotatable bonds is 2. The highest BCUT2D eigenvalue weighted by molar-refractivity contribution is 8.22. The van der Waals surface area contributed by atoms with Gasteiger partial charge in [-0.05, 0) is 47.7 Å². The van der Waals surface area contributed by atoms with Gasteiger partial charge in [0.2, 0.25) is 4.38 Å². The van der Waals surface area contributed by atoms with Crippen molar-refractivity contribution in [1.82, 2.24) is 0 Å². The van der Waals surface area contributed by atoms with Crippen molar-refractivity contribution >= 4 is 39.1 Å². The summed E-state index contributed by atoms with van der Waals surface area (Å²) < 4.78 is 5.87. The summed E-state index contributed by atoms with van der Waals surface area (Å²) in [7, 11) is 0. The summed E-state index contributed by atoms with van der Waals surface area (Å²) in [6.07, 6.45) is 0. The van der Waals surface area contributed by atoms with E-state index in [0.29, 0.717) is 11.0 Å². The average molecular weight is 248 g/mol. The van der Waals surface area contributed by atoms with E-state index in [1.807, 2.05) is 25.1 Å². The SMILES string of the molecule is CCOC(=S)Sc1cccc2ccccc12. The molecule has 2 aromatic rings. The molecule has 1 nitrogen and oxygen atoms in total.